The molecule has 0 unspecified atom stereocenters. The van der Waals surface area contributed by atoms with Gasteiger partial charge in [-0.3, -0.25) is 14.8 Å². The van der Waals surface area contributed by atoms with Gasteiger partial charge in [0.05, 0.1) is 20.1 Å². The molecule has 1 aromatic heterocycles. The van der Waals surface area contributed by atoms with Crippen molar-refractivity contribution in [3.63, 3.8) is 0 Å². The number of fused-ring (bicyclic) bond motifs is 1. The Morgan fingerprint density at radius 1 is 1.00 bits per heavy atom. The summed E-state index contributed by atoms with van der Waals surface area (Å²) in [6.45, 7) is 1.93. The number of aryl methyl sites for hydroxylation is 1. The average Bonchev–Trinajstić information content (AvgIpc) is 3.17. The number of hydrogen-bond acceptors (Lipinski definition) is 5. The van der Waals surface area contributed by atoms with E-state index in [1.165, 1.54) is 35.6 Å². The van der Waals surface area contributed by atoms with Crippen LogP contribution < -0.4 is 10.0 Å². The lowest BCUT2D eigenvalue weighted by atomic mass is 10.2. The van der Waals surface area contributed by atoms with Crippen molar-refractivity contribution >= 4 is 59.9 Å². The van der Waals surface area contributed by atoms with E-state index < -0.39 is 10.0 Å². The molecular formula is C21H16ClN3O3S2. The van der Waals surface area contributed by atoms with E-state index in [9.17, 15) is 13.2 Å². The van der Waals surface area contributed by atoms with Crippen molar-refractivity contribution in [2.24, 2.45) is 0 Å². The Labute approximate surface area is 182 Å². The van der Waals surface area contributed by atoms with Gasteiger partial charge in [0.25, 0.3) is 15.9 Å². The zero-order chi connectivity index (χ0) is 21.3. The van der Waals surface area contributed by atoms with E-state index in [0.29, 0.717) is 21.4 Å². The fourth-order valence-corrected chi connectivity index (χ4v) is 5.12. The van der Waals surface area contributed by atoms with Gasteiger partial charge in [0.2, 0.25) is 0 Å². The number of sulfonamides is 1. The minimum absolute atomic E-state index is 0.164. The lowest BCUT2D eigenvalue weighted by molar-refractivity contribution is 0.102. The van der Waals surface area contributed by atoms with Gasteiger partial charge in [-0.25, -0.2) is 13.4 Å². The number of benzene rings is 3. The molecular weight excluding hydrogens is 442 g/mol. The van der Waals surface area contributed by atoms with Gasteiger partial charge in [0, 0.05) is 11.3 Å². The number of aromatic nitrogens is 1. The Morgan fingerprint density at radius 3 is 2.37 bits per heavy atom. The van der Waals surface area contributed by atoms with Crippen molar-refractivity contribution < 1.29 is 13.2 Å². The molecule has 9 heteroatoms. The van der Waals surface area contributed by atoms with Crippen LogP contribution in [-0.2, 0) is 10.0 Å². The number of carbonyl (C=O) groups is 1. The molecule has 0 bridgehead atoms. The second-order valence-electron chi connectivity index (χ2n) is 6.51. The minimum Gasteiger partial charge on any atom is -0.298 e. The molecule has 4 aromatic rings. The average molecular weight is 458 g/mol. The Hall–Kier alpha value is -2.94. The zero-order valence-corrected chi connectivity index (χ0v) is 18.1. The van der Waals surface area contributed by atoms with E-state index in [4.69, 9.17) is 11.6 Å². The van der Waals surface area contributed by atoms with Crippen LogP contribution in [-0.4, -0.2) is 19.3 Å². The fraction of sp³-hybridized carbons (Fsp3) is 0.0476. The maximum absolute atomic E-state index is 12.6. The van der Waals surface area contributed by atoms with Crippen LogP contribution in [0.15, 0.2) is 71.6 Å². The number of hydrogen-bond donors (Lipinski definition) is 2. The Kier molecular flexibility index (Phi) is 5.46. The number of anilines is 2. The van der Waals surface area contributed by atoms with Gasteiger partial charge in [-0.15, -0.1) is 0 Å². The number of thiazole rings is 1. The van der Waals surface area contributed by atoms with Gasteiger partial charge in [0.15, 0.2) is 5.13 Å². The third kappa shape index (κ3) is 4.16. The van der Waals surface area contributed by atoms with Gasteiger partial charge in [-0.1, -0.05) is 47.2 Å². The molecule has 0 aliphatic carbocycles. The first-order chi connectivity index (χ1) is 14.3. The molecule has 2 N–H and O–H groups in total. The van der Waals surface area contributed by atoms with Crippen molar-refractivity contribution in [1.29, 1.82) is 0 Å². The molecule has 30 heavy (non-hydrogen) atoms. The highest BCUT2D eigenvalue weighted by atomic mass is 35.5. The van der Waals surface area contributed by atoms with Crippen LogP contribution in [0.25, 0.3) is 10.2 Å². The maximum Gasteiger partial charge on any atom is 0.261 e. The van der Waals surface area contributed by atoms with Gasteiger partial charge in [-0.2, -0.15) is 0 Å². The summed E-state index contributed by atoms with van der Waals surface area (Å²) in [6, 6.07) is 17.9. The second kappa shape index (κ2) is 8.06. The van der Waals surface area contributed by atoms with Crippen LogP contribution in [0.5, 0.6) is 0 Å². The van der Waals surface area contributed by atoms with Crippen molar-refractivity contribution in [3.05, 3.63) is 82.9 Å². The molecule has 3 aromatic carbocycles. The van der Waals surface area contributed by atoms with Gasteiger partial charge in [-0.05, 0) is 55.0 Å². The number of halogens is 1. The molecule has 1 heterocycles. The van der Waals surface area contributed by atoms with Gasteiger partial charge in [0.1, 0.15) is 0 Å². The fourth-order valence-electron chi connectivity index (χ4n) is 2.83. The van der Waals surface area contributed by atoms with Gasteiger partial charge < -0.3 is 0 Å². The van der Waals surface area contributed by atoms with E-state index >= 15 is 0 Å². The molecule has 0 aliphatic rings. The largest absolute Gasteiger partial charge is 0.298 e. The summed E-state index contributed by atoms with van der Waals surface area (Å²) in [7, 11) is -3.69. The first-order valence-electron chi connectivity index (χ1n) is 8.88. The molecule has 0 saturated heterocycles. The number of carbonyl (C=O) groups excluding carboxylic acids is 1. The lowest BCUT2D eigenvalue weighted by Crippen LogP contribution is -2.14. The standard InChI is InChI=1S/C21H16ClN3O3S2/c1-13-7-12-17(22)19-18(13)23-21(29-19)24-20(26)14-8-10-15(11-9-14)25-30(27,28)16-5-3-2-4-6-16/h2-12,25H,1H3,(H,23,24,26). The van der Waals surface area contributed by atoms with Crippen LogP contribution in [0, 0.1) is 6.92 Å². The quantitative estimate of drug-likeness (QED) is 0.425. The lowest BCUT2D eigenvalue weighted by Gasteiger charge is -2.08. The Morgan fingerprint density at radius 2 is 1.70 bits per heavy atom. The summed E-state index contributed by atoms with van der Waals surface area (Å²) < 4.78 is 28.1. The number of nitrogens with one attached hydrogen (secondary N) is 2. The van der Waals surface area contributed by atoms with E-state index in [1.807, 2.05) is 13.0 Å². The predicted octanol–water partition coefficient (Wildman–Crippen LogP) is 5.31. The highest BCUT2D eigenvalue weighted by Gasteiger charge is 2.15. The van der Waals surface area contributed by atoms with E-state index in [2.05, 4.69) is 15.0 Å². The third-order valence-corrected chi connectivity index (χ3v) is 7.20. The summed E-state index contributed by atoms with van der Waals surface area (Å²) >= 11 is 7.52. The molecule has 0 fully saturated rings. The summed E-state index contributed by atoms with van der Waals surface area (Å²) in [4.78, 5) is 17.2. The molecule has 0 radical (unpaired) electrons. The SMILES string of the molecule is Cc1ccc(Cl)c2sc(NC(=O)c3ccc(NS(=O)(=O)c4ccccc4)cc3)nc12. The number of amides is 1. The second-order valence-corrected chi connectivity index (χ2v) is 9.60. The molecule has 0 aliphatic heterocycles. The van der Waals surface area contributed by atoms with Crippen LogP contribution in [0.3, 0.4) is 0 Å². The van der Waals surface area contributed by atoms with Crippen LogP contribution in [0.2, 0.25) is 5.02 Å². The molecule has 6 nitrogen and oxygen atoms in total. The van der Waals surface area contributed by atoms with Crippen LogP contribution >= 0.6 is 22.9 Å². The molecule has 1 amide bonds. The normalized spacial score (nSPS) is 11.4. The summed E-state index contributed by atoms with van der Waals surface area (Å²) in [5.41, 5.74) is 2.46. The number of rotatable bonds is 5. The van der Waals surface area contributed by atoms with Crippen molar-refractivity contribution in [3.8, 4) is 0 Å². The molecule has 0 spiro atoms. The van der Waals surface area contributed by atoms with Gasteiger partial charge >= 0.3 is 0 Å². The first kappa shape index (κ1) is 20.3. The Bertz CT molecular complexity index is 1300. The van der Waals surface area contributed by atoms with Crippen LogP contribution in [0.4, 0.5) is 10.8 Å². The van der Waals surface area contributed by atoms with E-state index in [1.54, 1.807) is 36.4 Å². The van der Waals surface area contributed by atoms with Crippen molar-refractivity contribution in [2.75, 3.05) is 10.0 Å². The van der Waals surface area contributed by atoms with Crippen molar-refractivity contribution in [2.45, 2.75) is 11.8 Å². The van der Waals surface area contributed by atoms with E-state index in [0.717, 1.165) is 15.8 Å². The summed E-state index contributed by atoms with van der Waals surface area (Å²) in [5, 5.41) is 3.80. The third-order valence-electron chi connectivity index (χ3n) is 4.37. The van der Waals surface area contributed by atoms with E-state index in [-0.39, 0.29) is 10.8 Å². The molecule has 0 saturated carbocycles. The highest BCUT2D eigenvalue weighted by molar-refractivity contribution is 7.92. The number of nitrogens with zero attached hydrogens (tertiary/aromatic N) is 1. The molecule has 4 rings (SSSR count). The topological polar surface area (TPSA) is 88.2 Å². The highest BCUT2D eigenvalue weighted by Crippen LogP contribution is 2.34. The summed E-state index contributed by atoms with van der Waals surface area (Å²) in [6.07, 6.45) is 0. The Balaban J connectivity index is 1.50. The molecule has 152 valence electrons. The monoisotopic (exact) mass is 457 g/mol. The maximum atomic E-state index is 12.6. The smallest absolute Gasteiger partial charge is 0.261 e. The van der Waals surface area contributed by atoms with Crippen LogP contribution in [0.1, 0.15) is 15.9 Å². The predicted molar refractivity (Wildman–Crippen MR) is 121 cm³/mol. The zero-order valence-electron chi connectivity index (χ0n) is 15.7. The molecule has 0 atom stereocenters. The minimum atomic E-state index is -3.69. The summed E-state index contributed by atoms with van der Waals surface area (Å²) in [5.74, 6) is -0.347. The van der Waals surface area contributed by atoms with Crippen molar-refractivity contribution in [1.82, 2.24) is 4.98 Å². The first-order valence-corrected chi connectivity index (χ1v) is 11.6.